The lowest BCUT2D eigenvalue weighted by Gasteiger charge is -2.32. The lowest BCUT2D eigenvalue weighted by molar-refractivity contribution is 0.151. The van der Waals surface area contributed by atoms with E-state index in [1.165, 1.54) is 5.56 Å². The molecule has 0 bridgehead atoms. The number of fused-ring (bicyclic) bond motifs is 1. The molecule has 0 spiro atoms. The number of rotatable bonds is 4. The summed E-state index contributed by atoms with van der Waals surface area (Å²) in [6.07, 6.45) is 2.59. The van der Waals surface area contributed by atoms with Gasteiger partial charge in [0.1, 0.15) is 0 Å². The molecule has 2 amide bonds. The number of nitrogens with one attached hydrogen (secondary N) is 1. The van der Waals surface area contributed by atoms with Gasteiger partial charge in [-0.25, -0.2) is 14.8 Å². The van der Waals surface area contributed by atoms with Gasteiger partial charge in [0, 0.05) is 43.5 Å². The van der Waals surface area contributed by atoms with Crippen LogP contribution >= 0.6 is 0 Å². The molecule has 1 aliphatic heterocycles. The molecule has 0 saturated heterocycles. The molecule has 0 fully saturated rings. The van der Waals surface area contributed by atoms with Crippen molar-refractivity contribution < 1.29 is 4.79 Å². The highest BCUT2D eigenvalue weighted by molar-refractivity contribution is 5.74. The van der Waals surface area contributed by atoms with Crippen molar-refractivity contribution in [1.82, 2.24) is 19.8 Å². The first-order chi connectivity index (χ1) is 12.1. The highest BCUT2D eigenvalue weighted by Gasteiger charge is 2.24. The van der Waals surface area contributed by atoms with Crippen molar-refractivity contribution in [2.24, 2.45) is 0 Å². The van der Waals surface area contributed by atoms with E-state index in [2.05, 4.69) is 34.3 Å². The second-order valence-corrected chi connectivity index (χ2v) is 6.29. The van der Waals surface area contributed by atoms with Crippen LogP contribution in [-0.4, -0.2) is 45.4 Å². The Kier molecular flexibility index (Phi) is 5.16. The molecule has 2 heterocycles. The number of nitrogens with zero attached hydrogens (tertiary/aromatic N) is 4. The minimum atomic E-state index is 0.0950. The van der Waals surface area contributed by atoms with Crippen LogP contribution in [0.2, 0.25) is 0 Å². The van der Waals surface area contributed by atoms with Crippen LogP contribution in [0.25, 0.3) is 0 Å². The van der Waals surface area contributed by atoms with Crippen LogP contribution in [-0.2, 0) is 13.0 Å². The van der Waals surface area contributed by atoms with Crippen molar-refractivity contribution in [3.63, 3.8) is 0 Å². The zero-order chi connectivity index (χ0) is 17.8. The fourth-order valence-electron chi connectivity index (χ4n) is 3.09. The van der Waals surface area contributed by atoms with Crippen LogP contribution in [0.4, 0.5) is 16.4 Å². The molecule has 1 N–H and O–H groups in total. The van der Waals surface area contributed by atoms with Gasteiger partial charge in [0.15, 0.2) is 0 Å². The molecule has 0 saturated carbocycles. The first-order valence-corrected chi connectivity index (χ1v) is 8.83. The molecule has 0 atom stereocenters. The van der Waals surface area contributed by atoms with E-state index in [0.29, 0.717) is 19.0 Å². The third kappa shape index (κ3) is 3.90. The summed E-state index contributed by atoms with van der Waals surface area (Å²) in [6.45, 7) is 8.80. The average Bonchev–Trinajstić information content (AvgIpc) is 2.62. The summed E-state index contributed by atoms with van der Waals surface area (Å²) in [7, 11) is 0. The van der Waals surface area contributed by atoms with Crippen molar-refractivity contribution >= 4 is 17.7 Å². The molecule has 1 aromatic carbocycles. The number of hydrogen-bond donors (Lipinski definition) is 1. The summed E-state index contributed by atoms with van der Waals surface area (Å²) >= 11 is 0. The summed E-state index contributed by atoms with van der Waals surface area (Å²) in [5.41, 5.74) is 4.22. The highest BCUT2D eigenvalue weighted by atomic mass is 16.2. The maximum atomic E-state index is 12.5. The van der Waals surface area contributed by atoms with E-state index in [1.807, 2.05) is 42.0 Å². The van der Waals surface area contributed by atoms with Crippen molar-refractivity contribution in [1.29, 1.82) is 0 Å². The average molecular weight is 339 g/mol. The Balaban J connectivity index is 1.72. The Bertz CT molecular complexity index is 757. The number of amides is 2. The number of urea groups is 1. The number of benzene rings is 1. The van der Waals surface area contributed by atoms with Crippen LogP contribution in [0.5, 0.6) is 0 Å². The monoisotopic (exact) mass is 339 g/mol. The second kappa shape index (κ2) is 7.51. The quantitative estimate of drug-likeness (QED) is 0.928. The van der Waals surface area contributed by atoms with E-state index in [0.717, 1.165) is 36.5 Å². The van der Waals surface area contributed by atoms with E-state index < -0.39 is 0 Å². The van der Waals surface area contributed by atoms with Gasteiger partial charge >= 0.3 is 6.03 Å². The third-order valence-electron chi connectivity index (χ3n) is 4.51. The fraction of sp³-hybridized carbons (Fsp3) is 0.421. The summed E-state index contributed by atoms with van der Waals surface area (Å²) < 4.78 is 0. The van der Waals surface area contributed by atoms with Crippen molar-refractivity contribution in [2.45, 2.75) is 33.7 Å². The van der Waals surface area contributed by atoms with Gasteiger partial charge in [-0.2, -0.15) is 0 Å². The van der Waals surface area contributed by atoms with E-state index in [1.54, 1.807) is 0 Å². The van der Waals surface area contributed by atoms with Gasteiger partial charge in [-0.1, -0.05) is 12.1 Å². The van der Waals surface area contributed by atoms with E-state index in [-0.39, 0.29) is 6.03 Å². The fourth-order valence-corrected chi connectivity index (χ4v) is 3.09. The largest absolute Gasteiger partial charge is 0.325 e. The molecule has 0 aliphatic carbocycles. The van der Waals surface area contributed by atoms with Crippen molar-refractivity contribution in [3.8, 4) is 0 Å². The zero-order valence-electron chi connectivity index (χ0n) is 15.1. The molecule has 6 nitrogen and oxygen atoms in total. The molecule has 0 unspecified atom stereocenters. The standard InChI is InChI=1S/C19H25N5O/c1-4-23(5-2)19(25)24-10-9-17-15(13-24)12-20-18(22-17)21-16-8-6-7-14(3)11-16/h6-8,11-12H,4-5,9-10,13H2,1-3H3,(H,20,21,22). The SMILES string of the molecule is CCN(CC)C(=O)N1CCc2nc(Nc3cccc(C)c3)ncc2C1. The highest BCUT2D eigenvalue weighted by Crippen LogP contribution is 2.21. The van der Waals surface area contributed by atoms with Gasteiger partial charge in [0.05, 0.1) is 12.2 Å². The van der Waals surface area contributed by atoms with E-state index in [9.17, 15) is 4.79 Å². The smallest absolute Gasteiger partial charge is 0.320 e. The van der Waals surface area contributed by atoms with Crippen LogP contribution < -0.4 is 5.32 Å². The predicted molar refractivity (Wildman–Crippen MR) is 98.9 cm³/mol. The van der Waals surface area contributed by atoms with E-state index in [4.69, 9.17) is 0 Å². The Labute approximate surface area is 148 Å². The lowest BCUT2D eigenvalue weighted by atomic mass is 10.1. The molecule has 1 aromatic heterocycles. The first kappa shape index (κ1) is 17.2. The molecule has 1 aliphatic rings. The molecule has 25 heavy (non-hydrogen) atoms. The minimum Gasteiger partial charge on any atom is -0.325 e. The Morgan fingerprint density at radius 2 is 2.12 bits per heavy atom. The number of hydrogen-bond acceptors (Lipinski definition) is 4. The first-order valence-electron chi connectivity index (χ1n) is 8.83. The Hall–Kier alpha value is -2.63. The van der Waals surface area contributed by atoms with Crippen LogP contribution in [0.15, 0.2) is 30.5 Å². The number of carbonyl (C=O) groups is 1. The maximum Gasteiger partial charge on any atom is 0.320 e. The van der Waals surface area contributed by atoms with Crippen molar-refractivity contribution in [2.75, 3.05) is 25.0 Å². The summed E-state index contributed by atoms with van der Waals surface area (Å²) in [5, 5.41) is 3.25. The zero-order valence-corrected chi connectivity index (χ0v) is 15.1. The number of carbonyl (C=O) groups excluding carboxylic acids is 1. The second-order valence-electron chi connectivity index (χ2n) is 6.29. The number of aryl methyl sites for hydroxylation is 1. The Morgan fingerprint density at radius 1 is 1.32 bits per heavy atom. The van der Waals surface area contributed by atoms with Gasteiger partial charge in [-0.3, -0.25) is 0 Å². The van der Waals surface area contributed by atoms with Gasteiger partial charge < -0.3 is 15.1 Å². The number of aromatic nitrogens is 2. The maximum absolute atomic E-state index is 12.5. The molecule has 6 heteroatoms. The van der Waals surface area contributed by atoms with Gasteiger partial charge in [-0.15, -0.1) is 0 Å². The Morgan fingerprint density at radius 3 is 2.84 bits per heavy atom. The molecule has 2 aromatic rings. The molecular formula is C19H25N5O. The minimum absolute atomic E-state index is 0.0950. The topological polar surface area (TPSA) is 61.4 Å². The summed E-state index contributed by atoms with van der Waals surface area (Å²) in [4.78, 5) is 25.3. The van der Waals surface area contributed by atoms with E-state index >= 15 is 0 Å². The lowest BCUT2D eigenvalue weighted by Crippen LogP contribution is -2.45. The molecular weight excluding hydrogens is 314 g/mol. The van der Waals surface area contributed by atoms with Gasteiger partial charge in [0.2, 0.25) is 5.95 Å². The summed E-state index contributed by atoms with van der Waals surface area (Å²) in [5.74, 6) is 0.605. The van der Waals surface area contributed by atoms with Gasteiger partial charge in [0.25, 0.3) is 0 Å². The van der Waals surface area contributed by atoms with Crippen LogP contribution in [0, 0.1) is 6.92 Å². The third-order valence-corrected chi connectivity index (χ3v) is 4.51. The van der Waals surface area contributed by atoms with Gasteiger partial charge in [-0.05, 0) is 38.5 Å². The molecule has 0 radical (unpaired) electrons. The van der Waals surface area contributed by atoms with Crippen LogP contribution in [0.1, 0.15) is 30.7 Å². The normalized spacial score (nSPS) is 13.3. The molecule has 132 valence electrons. The molecule has 3 rings (SSSR count). The predicted octanol–water partition coefficient (Wildman–Crippen LogP) is 3.35. The number of anilines is 2. The van der Waals surface area contributed by atoms with Crippen LogP contribution in [0.3, 0.4) is 0 Å². The van der Waals surface area contributed by atoms with Crippen molar-refractivity contribution in [3.05, 3.63) is 47.3 Å². The summed E-state index contributed by atoms with van der Waals surface area (Å²) in [6, 6.07) is 8.22.